The first kappa shape index (κ1) is 26.8. The van der Waals surface area contributed by atoms with Crippen LogP contribution < -0.4 is 10.2 Å². The molecule has 0 aliphatic heterocycles. The summed E-state index contributed by atoms with van der Waals surface area (Å²) in [6.07, 6.45) is 8.65. The van der Waals surface area contributed by atoms with Crippen molar-refractivity contribution in [1.82, 2.24) is 20.3 Å². The number of carbonyl (C=O) groups is 2. The molecule has 10 heteroatoms. The van der Waals surface area contributed by atoms with Crippen LogP contribution in [0, 0.1) is 0 Å². The van der Waals surface area contributed by atoms with Crippen molar-refractivity contribution in [3.63, 3.8) is 0 Å². The summed E-state index contributed by atoms with van der Waals surface area (Å²) < 4.78 is 0. The lowest BCUT2D eigenvalue weighted by atomic mass is 10.1. The number of hydrogen-bond donors (Lipinski definition) is 2. The SMILES string of the molecule is O=C(NC(C/C=C/c1ccc(N(Cc2ccccn2)c2ncccn2)cc1)C(=O)O)c1c(Cl)cccc1Cl. The summed E-state index contributed by atoms with van der Waals surface area (Å²) in [5.41, 5.74) is 2.62. The topological polar surface area (TPSA) is 108 Å². The molecule has 0 spiro atoms. The fourth-order valence-electron chi connectivity index (χ4n) is 3.63. The summed E-state index contributed by atoms with van der Waals surface area (Å²) in [6, 6.07) is 18.6. The van der Waals surface area contributed by atoms with E-state index in [9.17, 15) is 14.7 Å². The molecule has 0 bridgehead atoms. The number of nitrogens with zero attached hydrogens (tertiary/aromatic N) is 4. The molecule has 2 N–H and O–H groups in total. The Balaban J connectivity index is 1.45. The van der Waals surface area contributed by atoms with Gasteiger partial charge in [0.15, 0.2) is 0 Å². The second-order valence-electron chi connectivity index (χ2n) is 8.15. The summed E-state index contributed by atoms with van der Waals surface area (Å²) in [5, 5.41) is 12.4. The van der Waals surface area contributed by atoms with Crippen molar-refractivity contribution in [2.45, 2.75) is 19.0 Å². The van der Waals surface area contributed by atoms with Crippen LogP contribution >= 0.6 is 23.2 Å². The predicted octanol–water partition coefficient (Wildman–Crippen LogP) is 5.80. The highest BCUT2D eigenvalue weighted by Gasteiger charge is 2.22. The Morgan fingerprint density at radius 3 is 2.21 bits per heavy atom. The summed E-state index contributed by atoms with van der Waals surface area (Å²) in [6.45, 7) is 0.482. The van der Waals surface area contributed by atoms with Crippen LogP contribution in [-0.4, -0.2) is 38.0 Å². The molecular weight excluding hydrogens is 525 g/mol. The fourth-order valence-corrected chi connectivity index (χ4v) is 4.20. The minimum atomic E-state index is -1.17. The smallest absolute Gasteiger partial charge is 0.326 e. The van der Waals surface area contributed by atoms with E-state index in [1.165, 1.54) is 12.1 Å². The van der Waals surface area contributed by atoms with Crippen molar-refractivity contribution in [3.05, 3.63) is 118 Å². The van der Waals surface area contributed by atoms with Crippen LogP contribution in [-0.2, 0) is 11.3 Å². The number of carboxylic acid groups (broad SMARTS) is 1. The monoisotopic (exact) mass is 547 g/mol. The van der Waals surface area contributed by atoms with Crippen LogP contribution in [0.1, 0.15) is 28.0 Å². The number of hydrogen-bond acceptors (Lipinski definition) is 6. The Bertz CT molecular complexity index is 1400. The zero-order valence-corrected chi connectivity index (χ0v) is 21.5. The zero-order valence-electron chi connectivity index (χ0n) is 20.0. The van der Waals surface area contributed by atoms with Gasteiger partial charge in [-0.3, -0.25) is 9.78 Å². The molecule has 192 valence electrons. The molecular formula is C28H23Cl2N5O3. The highest BCUT2D eigenvalue weighted by Crippen LogP contribution is 2.26. The second kappa shape index (κ2) is 12.8. The summed E-state index contributed by atoms with van der Waals surface area (Å²) in [5.74, 6) is -1.28. The van der Waals surface area contributed by atoms with Crippen molar-refractivity contribution >= 4 is 52.8 Å². The van der Waals surface area contributed by atoms with Crippen molar-refractivity contribution in [2.75, 3.05) is 4.90 Å². The molecule has 0 aliphatic rings. The normalized spacial score (nSPS) is 11.7. The van der Waals surface area contributed by atoms with Crippen molar-refractivity contribution < 1.29 is 14.7 Å². The van der Waals surface area contributed by atoms with E-state index in [2.05, 4.69) is 20.3 Å². The van der Waals surface area contributed by atoms with E-state index in [0.29, 0.717) is 12.5 Å². The van der Waals surface area contributed by atoms with E-state index in [4.69, 9.17) is 23.2 Å². The largest absolute Gasteiger partial charge is 0.480 e. The Labute approximate surface area is 229 Å². The number of nitrogens with one attached hydrogen (secondary N) is 1. The van der Waals surface area contributed by atoms with Gasteiger partial charge in [-0.2, -0.15) is 0 Å². The minimum Gasteiger partial charge on any atom is -0.480 e. The van der Waals surface area contributed by atoms with E-state index in [-0.39, 0.29) is 22.0 Å². The Morgan fingerprint density at radius 1 is 0.895 bits per heavy atom. The van der Waals surface area contributed by atoms with Crippen molar-refractivity contribution in [1.29, 1.82) is 0 Å². The molecule has 1 unspecified atom stereocenters. The van der Waals surface area contributed by atoms with Crippen LogP contribution in [0.5, 0.6) is 0 Å². The average molecular weight is 548 g/mol. The van der Waals surface area contributed by atoms with Gasteiger partial charge in [0.05, 0.1) is 27.8 Å². The third-order valence-electron chi connectivity index (χ3n) is 5.52. The van der Waals surface area contributed by atoms with Gasteiger partial charge in [0.2, 0.25) is 5.95 Å². The highest BCUT2D eigenvalue weighted by atomic mass is 35.5. The molecule has 2 heterocycles. The van der Waals surface area contributed by atoms with E-state index < -0.39 is 17.9 Å². The fraction of sp³-hybridized carbons (Fsp3) is 0.107. The minimum absolute atomic E-state index is 0.0410. The van der Waals surface area contributed by atoms with E-state index in [1.807, 2.05) is 47.4 Å². The molecule has 0 saturated carbocycles. The Hall–Kier alpha value is -4.27. The third-order valence-corrected chi connectivity index (χ3v) is 6.15. The number of carbonyl (C=O) groups excluding carboxylic acids is 1. The Morgan fingerprint density at radius 2 is 1.58 bits per heavy atom. The maximum Gasteiger partial charge on any atom is 0.326 e. The first-order valence-electron chi connectivity index (χ1n) is 11.6. The third kappa shape index (κ3) is 6.94. The van der Waals surface area contributed by atoms with Gasteiger partial charge in [0.25, 0.3) is 5.91 Å². The number of carboxylic acids is 1. The lowest BCUT2D eigenvalue weighted by Crippen LogP contribution is -2.40. The number of benzene rings is 2. The lowest BCUT2D eigenvalue weighted by Gasteiger charge is -2.22. The van der Waals surface area contributed by atoms with Gasteiger partial charge in [-0.25, -0.2) is 14.8 Å². The summed E-state index contributed by atoms with van der Waals surface area (Å²) in [4.78, 5) is 39.5. The number of aromatic nitrogens is 3. The number of rotatable bonds is 10. The van der Waals surface area contributed by atoms with E-state index in [0.717, 1.165) is 16.9 Å². The van der Waals surface area contributed by atoms with Crippen LogP contribution in [0.2, 0.25) is 10.0 Å². The van der Waals surface area contributed by atoms with Gasteiger partial charge in [-0.05, 0) is 54.4 Å². The molecule has 2 aromatic heterocycles. The number of amides is 1. The zero-order chi connectivity index (χ0) is 26.9. The molecule has 8 nitrogen and oxygen atoms in total. The molecule has 0 radical (unpaired) electrons. The molecule has 0 saturated heterocycles. The molecule has 1 amide bonds. The molecule has 1 atom stereocenters. The van der Waals surface area contributed by atoms with Gasteiger partial charge in [-0.15, -0.1) is 0 Å². The van der Waals surface area contributed by atoms with Gasteiger partial charge < -0.3 is 15.3 Å². The van der Waals surface area contributed by atoms with Gasteiger partial charge in [0.1, 0.15) is 6.04 Å². The van der Waals surface area contributed by atoms with Crippen LogP contribution in [0.3, 0.4) is 0 Å². The quantitative estimate of drug-likeness (QED) is 0.258. The van der Waals surface area contributed by atoms with Gasteiger partial charge >= 0.3 is 5.97 Å². The van der Waals surface area contributed by atoms with Gasteiger partial charge in [0, 0.05) is 24.3 Å². The van der Waals surface area contributed by atoms with Crippen molar-refractivity contribution in [3.8, 4) is 0 Å². The molecule has 2 aromatic carbocycles. The van der Waals surface area contributed by atoms with Crippen LogP contribution in [0.25, 0.3) is 6.08 Å². The number of anilines is 2. The average Bonchev–Trinajstić information content (AvgIpc) is 2.92. The highest BCUT2D eigenvalue weighted by molar-refractivity contribution is 6.39. The number of halogens is 2. The molecule has 4 aromatic rings. The molecule has 0 fully saturated rings. The number of pyridine rings is 1. The maximum absolute atomic E-state index is 12.6. The Kier molecular flexibility index (Phi) is 9.02. The molecule has 38 heavy (non-hydrogen) atoms. The standard InChI is InChI=1S/C28H23Cl2N5O3/c29-22-8-4-9-23(30)25(22)26(36)34-24(27(37)38)10-3-6-19-11-13-21(14-12-19)35(28-32-16-5-17-33-28)18-20-7-1-2-15-31-20/h1-9,11-17,24H,10,18H2,(H,34,36)(H,37,38)/b6-3+. The van der Waals surface area contributed by atoms with Crippen molar-refractivity contribution in [2.24, 2.45) is 0 Å². The van der Waals surface area contributed by atoms with Gasteiger partial charge in [-0.1, -0.05) is 59.6 Å². The lowest BCUT2D eigenvalue weighted by molar-refractivity contribution is -0.139. The summed E-state index contributed by atoms with van der Waals surface area (Å²) in [7, 11) is 0. The first-order valence-corrected chi connectivity index (χ1v) is 12.4. The summed E-state index contributed by atoms with van der Waals surface area (Å²) >= 11 is 12.1. The number of aliphatic carboxylic acids is 1. The van der Waals surface area contributed by atoms with Crippen LogP contribution in [0.15, 0.2) is 91.4 Å². The maximum atomic E-state index is 12.6. The van der Waals surface area contributed by atoms with Crippen LogP contribution in [0.4, 0.5) is 11.6 Å². The first-order chi connectivity index (χ1) is 18.4. The van der Waals surface area contributed by atoms with E-state index in [1.54, 1.807) is 42.9 Å². The predicted molar refractivity (Wildman–Crippen MR) is 148 cm³/mol. The molecule has 4 rings (SSSR count). The second-order valence-corrected chi connectivity index (χ2v) is 8.96. The van der Waals surface area contributed by atoms with E-state index >= 15 is 0 Å². The molecule has 0 aliphatic carbocycles.